The number of hydrogen-bond donors (Lipinski definition) is 1. The predicted molar refractivity (Wildman–Crippen MR) is 95.8 cm³/mol. The summed E-state index contributed by atoms with van der Waals surface area (Å²) in [6.07, 6.45) is 0.844. The molecule has 0 spiro atoms. The van der Waals surface area contributed by atoms with E-state index in [1.165, 1.54) is 0 Å². The van der Waals surface area contributed by atoms with Crippen LogP contribution in [0, 0.1) is 6.92 Å². The van der Waals surface area contributed by atoms with Crippen LogP contribution in [0.15, 0.2) is 24.3 Å². The molecule has 0 saturated carbocycles. The zero-order valence-electron chi connectivity index (χ0n) is 13.7. The summed E-state index contributed by atoms with van der Waals surface area (Å²) >= 11 is 6.12. The minimum Gasteiger partial charge on any atom is -0.311 e. The van der Waals surface area contributed by atoms with Crippen molar-refractivity contribution in [1.29, 1.82) is 0 Å². The molecule has 25 heavy (non-hydrogen) atoms. The van der Waals surface area contributed by atoms with Crippen molar-refractivity contribution in [3.63, 3.8) is 0 Å². The first-order valence-electron chi connectivity index (χ1n) is 8.19. The van der Waals surface area contributed by atoms with E-state index in [2.05, 4.69) is 10.4 Å². The number of anilines is 1. The second kappa shape index (κ2) is 5.85. The normalized spacial score (nSPS) is 24.8. The number of nitrogens with one attached hydrogen (secondary N) is 1. The van der Waals surface area contributed by atoms with Crippen molar-refractivity contribution < 1.29 is 13.2 Å². The Labute approximate surface area is 151 Å². The number of nitrogens with zero attached hydrogens (tertiary/aromatic N) is 2. The van der Waals surface area contributed by atoms with Crippen LogP contribution in [-0.2, 0) is 14.6 Å². The van der Waals surface area contributed by atoms with Gasteiger partial charge in [-0.2, -0.15) is 5.10 Å². The van der Waals surface area contributed by atoms with Crippen molar-refractivity contribution >= 4 is 33.2 Å². The third-order valence-electron chi connectivity index (χ3n) is 4.93. The number of halogens is 1. The Morgan fingerprint density at radius 3 is 2.84 bits per heavy atom. The van der Waals surface area contributed by atoms with Crippen molar-refractivity contribution in [2.24, 2.45) is 0 Å². The van der Waals surface area contributed by atoms with Crippen LogP contribution < -0.4 is 5.32 Å². The maximum absolute atomic E-state index is 12.3. The van der Waals surface area contributed by atoms with Crippen molar-refractivity contribution in [3.8, 4) is 0 Å². The molecule has 1 amide bonds. The molecule has 2 atom stereocenters. The molecular weight excluding hydrogens is 362 g/mol. The van der Waals surface area contributed by atoms with Crippen LogP contribution in [0.4, 0.5) is 5.82 Å². The summed E-state index contributed by atoms with van der Waals surface area (Å²) in [4.78, 5) is 12.3. The van der Waals surface area contributed by atoms with Crippen LogP contribution in [0.5, 0.6) is 0 Å². The van der Waals surface area contributed by atoms with Crippen molar-refractivity contribution in [1.82, 2.24) is 9.78 Å². The fourth-order valence-electron chi connectivity index (χ4n) is 3.81. The van der Waals surface area contributed by atoms with Gasteiger partial charge in [-0.25, -0.2) is 13.1 Å². The Kier molecular flexibility index (Phi) is 3.88. The largest absolute Gasteiger partial charge is 0.311 e. The topological polar surface area (TPSA) is 81.1 Å². The lowest BCUT2D eigenvalue weighted by molar-refractivity contribution is -0.116. The number of aromatic nitrogens is 2. The summed E-state index contributed by atoms with van der Waals surface area (Å²) < 4.78 is 25.4. The Hall–Kier alpha value is -1.86. The smallest absolute Gasteiger partial charge is 0.226 e. The number of aryl methyl sites for hydroxylation is 1. The Morgan fingerprint density at radius 1 is 1.36 bits per heavy atom. The highest BCUT2D eigenvalue weighted by Crippen LogP contribution is 2.41. The number of rotatable bonds is 2. The fraction of sp³-hybridized carbons (Fsp3) is 0.412. The molecule has 0 aliphatic carbocycles. The average molecular weight is 380 g/mol. The van der Waals surface area contributed by atoms with Gasteiger partial charge < -0.3 is 5.32 Å². The lowest BCUT2D eigenvalue weighted by Crippen LogP contribution is -2.26. The molecule has 8 heteroatoms. The molecule has 2 aromatic rings. The molecule has 1 fully saturated rings. The van der Waals surface area contributed by atoms with Gasteiger partial charge in [0.05, 0.1) is 23.2 Å². The zero-order chi connectivity index (χ0) is 17.8. The summed E-state index contributed by atoms with van der Waals surface area (Å²) in [5, 5.41) is 8.10. The van der Waals surface area contributed by atoms with E-state index in [9.17, 15) is 13.2 Å². The van der Waals surface area contributed by atoms with Gasteiger partial charge in [0.15, 0.2) is 9.84 Å². The fourth-order valence-corrected chi connectivity index (χ4v) is 5.70. The van der Waals surface area contributed by atoms with E-state index in [-0.39, 0.29) is 29.4 Å². The van der Waals surface area contributed by atoms with E-state index in [4.69, 9.17) is 11.6 Å². The minimum absolute atomic E-state index is 0.0677. The van der Waals surface area contributed by atoms with Gasteiger partial charge in [-0.3, -0.25) is 4.79 Å². The van der Waals surface area contributed by atoms with Crippen LogP contribution in [0.25, 0.3) is 0 Å². The third-order valence-corrected chi connectivity index (χ3v) is 6.92. The second-order valence-corrected chi connectivity index (χ2v) is 9.37. The maximum atomic E-state index is 12.3. The molecule has 6 nitrogen and oxygen atoms in total. The van der Waals surface area contributed by atoms with Crippen LogP contribution >= 0.6 is 11.6 Å². The van der Waals surface area contributed by atoms with Crippen molar-refractivity contribution in [2.75, 3.05) is 16.8 Å². The summed E-state index contributed by atoms with van der Waals surface area (Å²) in [6.45, 7) is 1.90. The quantitative estimate of drug-likeness (QED) is 0.869. The van der Waals surface area contributed by atoms with Crippen LogP contribution in [0.1, 0.15) is 41.6 Å². The van der Waals surface area contributed by atoms with Crippen LogP contribution in [0.3, 0.4) is 0 Å². The monoisotopic (exact) mass is 379 g/mol. The molecule has 2 aliphatic rings. The number of amides is 1. The SMILES string of the molecule is Cc1nn([C@@H]2CCS(=O)(=O)C2)c2c1[C@@H](c1cccc(Cl)c1)CC(=O)N2. The first kappa shape index (κ1) is 16.6. The Morgan fingerprint density at radius 2 is 2.16 bits per heavy atom. The van der Waals surface area contributed by atoms with Crippen molar-refractivity contribution in [3.05, 3.63) is 46.1 Å². The summed E-state index contributed by atoms with van der Waals surface area (Å²) in [6, 6.07) is 7.26. The molecule has 0 unspecified atom stereocenters. The molecule has 1 N–H and O–H groups in total. The molecule has 132 valence electrons. The van der Waals surface area contributed by atoms with Crippen molar-refractivity contribution in [2.45, 2.75) is 31.7 Å². The van der Waals surface area contributed by atoms with E-state index in [0.717, 1.165) is 16.8 Å². The molecule has 1 aromatic carbocycles. The molecular formula is C17H18ClN3O3S. The molecule has 1 saturated heterocycles. The second-order valence-electron chi connectivity index (χ2n) is 6.71. The first-order chi connectivity index (χ1) is 11.8. The third kappa shape index (κ3) is 2.95. The van der Waals surface area contributed by atoms with Gasteiger partial charge >= 0.3 is 0 Å². The van der Waals surface area contributed by atoms with E-state index >= 15 is 0 Å². The van der Waals surface area contributed by atoms with Crippen LogP contribution in [0.2, 0.25) is 5.02 Å². The lowest BCUT2D eigenvalue weighted by atomic mass is 9.86. The zero-order valence-corrected chi connectivity index (χ0v) is 15.3. The molecule has 1 aromatic heterocycles. The summed E-state index contributed by atoms with van der Waals surface area (Å²) in [5.41, 5.74) is 2.72. The van der Waals surface area contributed by atoms with Gasteiger partial charge in [-0.05, 0) is 31.0 Å². The van der Waals surface area contributed by atoms with Gasteiger partial charge in [0.2, 0.25) is 5.91 Å². The lowest BCUT2D eigenvalue weighted by Gasteiger charge is -2.25. The highest BCUT2D eigenvalue weighted by Gasteiger charge is 2.37. The number of benzene rings is 1. The summed E-state index contributed by atoms with van der Waals surface area (Å²) in [7, 11) is -3.04. The summed E-state index contributed by atoms with van der Waals surface area (Å²) in [5.74, 6) is 0.629. The van der Waals surface area contributed by atoms with E-state index < -0.39 is 9.84 Å². The van der Waals surface area contributed by atoms with E-state index in [1.54, 1.807) is 10.7 Å². The van der Waals surface area contributed by atoms with Crippen LogP contribution in [-0.4, -0.2) is 35.6 Å². The highest BCUT2D eigenvalue weighted by atomic mass is 35.5. The average Bonchev–Trinajstić information content (AvgIpc) is 3.06. The molecule has 2 aliphatic heterocycles. The maximum Gasteiger partial charge on any atom is 0.226 e. The number of carbonyl (C=O) groups excluding carboxylic acids is 1. The highest BCUT2D eigenvalue weighted by molar-refractivity contribution is 7.91. The molecule has 3 heterocycles. The van der Waals surface area contributed by atoms with Gasteiger partial charge in [-0.15, -0.1) is 0 Å². The van der Waals surface area contributed by atoms with E-state index in [1.807, 2.05) is 25.1 Å². The standard InChI is InChI=1S/C17H18ClN3O3S/c1-10-16-14(11-3-2-4-12(18)7-11)8-15(22)19-17(16)21(20-10)13-5-6-25(23,24)9-13/h2-4,7,13-14H,5-6,8-9H2,1H3,(H,19,22)/t13-,14-/m1/s1. The first-order valence-corrected chi connectivity index (χ1v) is 10.4. The molecule has 0 radical (unpaired) electrons. The van der Waals surface area contributed by atoms with Gasteiger partial charge in [0.1, 0.15) is 5.82 Å². The predicted octanol–water partition coefficient (Wildman–Crippen LogP) is 2.68. The number of carbonyl (C=O) groups is 1. The number of hydrogen-bond acceptors (Lipinski definition) is 4. The number of sulfone groups is 1. The Bertz CT molecular complexity index is 968. The van der Waals surface area contributed by atoms with Gasteiger partial charge in [0.25, 0.3) is 0 Å². The Balaban J connectivity index is 1.81. The molecule has 4 rings (SSSR count). The number of fused-ring (bicyclic) bond motifs is 1. The van der Waals surface area contributed by atoms with Gasteiger partial charge in [0, 0.05) is 22.9 Å². The van der Waals surface area contributed by atoms with E-state index in [0.29, 0.717) is 23.7 Å². The van der Waals surface area contributed by atoms with Gasteiger partial charge in [-0.1, -0.05) is 23.7 Å². The molecule has 0 bridgehead atoms. The minimum atomic E-state index is -3.04.